The summed E-state index contributed by atoms with van der Waals surface area (Å²) in [5.74, 6) is 0.739. The molecular weight excluding hydrogens is 556 g/mol. The number of rotatable bonds is 14. The van der Waals surface area contributed by atoms with Gasteiger partial charge in [0.2, 0.25) is 10.0 Å². The first kappa shape index (κ1) is 31.0. The van der Waals surface area contributed by atoms with Crippen LogP contribution >= 0.6 is 0 Å². The van der Waals surface area contributed by atoms with Gasteiger partial charge in [-0.1, -0.05) is 6.07 Å². The van der Waals surface area contributed by atoms with E-state index in [0.717, 1.165) is 5.56 Å². The van der Waals surface area contributed by atoms with Crippen molar-refractivity contribution in [3.63, 3.8) is 0 Å². The van der Waals surface area contributed by atoms with Gasteiger partial charge in [-0.3, -0.25) is 4.79 Å². The molecule has 0 spiro atoms. The quantitative estimate of drug-likeness (QED) is 0.269. The third kappa shape index (κ3) is 8.02. The normalized spacial score (nSPS) is 10.9. The lowest BCUT2D eigenvalue weighted by molar-refractivity contribution is -0.118. The van der Waals surface area contributed by atoms with E-state index in [2.05, 4.69) is 10.0 Å². The Hall–Kier alpha value is -4.49. The van der Waals surface area contributed by atoms with Crippen molar-refractivity contribution in [3.05, 3.63) is 65.7 Å². The highest BCUT2D eigenvalue weighted by atomic mass is 32.2. The average Bonchev–Trinajstić information content (AvgIpc) is 2.99. The molecule has 0 saturated carbocycles. The summed E-state index contributed by atoms with van der Waals surface area (Å²) in [5, 5.41) is 2.59. The molecule has 12 nitrogen and oxygen atoms in total. The van der Waals surface area contributed by atoms with Crippen molar-refractivity contribution in [1.29, 1.82) is 0 Å². The van der Waals surface area contributed by atoms with E-state index in [0.29, 0.717) is 23.7 Å². The van der Waals surface area contributed by atoms with Crippen LogP contribution in [0.4, 0.5) is 5.69 Å². The summed E-state index contributed by atoms with van der Waals surface area (Å²) in [4.78, 5) is 24.8. The minimum absolute atomic E-state index is 0.0367. The number of hydrogen-bond acceptors (Lipinski definition) is 10. The van der Waals surface area contributed by atoms with Crippen molar-refractivity contribution in [3.8, 4) is 28.7 Å². The summed E-state index contributed by atoms with van der Waals surface area (Å²) in [6.07, 6.45) is 0.438. The maximum absolute atomic E-state index is 12.7. The lowest BCUT2D eigenvalue weighted by Crippen LogP contribution is -2.26. The molecule has 41 heavy (non-hydrogen) atoms. The molecule has 0 aliphatic heterocycles. The molecule has 3 aromatic carbocycles. The fourth-order valence-electron chi connectivity index (χ4n) is 3.76. The monoisotopic (exact) mass is 588 g/mol. The Morgan fingerprint density at radius 1 is 0.756 bits per heavy atom. The molecule has 13 heteroatoms. The second-order valence-corrected chi connectivity index (χ2v) is 10.2. The summed E-state index contributed by atoms with van der Waals surface area (Å²) in [7, 11) is 3.34. The fraction of sp³-hybridized carbons (Fsp3) is 0.286. The number of benzene rings is 3. The van der Waals surface area contributed by atoms with Crippen LogP contribution in [0.15, 0.2) is 59.5 Å². The Morgan fingerprint density at radius 2 is 1.37 bits per heavy atom. The minimum Gasteiger partial charge on any atom is -0.493 e. The maximum Gasteiger partial charge on any atom is 0.340 e. The zero-order valence-electron chi connectivity index (χ0n) is 23.3. The summed E-state index contributed by atoms with van der Waals surface area (Å²) < 4.78 is 59.2. The van der Waals surface area contributed by atoms with Crippen LogP contribution < -0.4 is 33.7 Å². The van der Waals surface area contributed by atoms with E-state index in [1.807, 2.05) is 6.07 Å². The first-order valence-electron chi connectivity index (χ1n) is 12.2. The zero-order valence-corrected chi connectivity index (χ0v) is 24.1. The smallest absolute Gasteiger partial charge is 0.340 e. The Bertz CT molecular complexity index is 1470. The molecule has 0 fully saturated rings. The van der Waals surface area contributed by atoms with Crippen molar-refractivity contribution in [1.82, 2.24) is 4.72 Å². The third-order valence-corrected chi connectivity index (χ3v) is 7.34. The molecule has 0 atom stereocenters. The van der Waals surface area contributed by atoms with E-state index in [1.54, 1.807) is 19.2 Å². The lowest BCUT2D eigenvalue weighted by Gasteiger charge is -2.15. The number of carbonyl (C=O) groups excluding carboxylic acids is 2. The van der Waals surface area contributed by atoms with Gasteiger partial charge in [0.05, 0.1) is 51.7 Å². The molecule has 0 aliphatic carbocycles. The highest BCUT2D eigenvalue weighted by Gasteiger charge is 2.20. The molecular formula is C28H32N2O10S. The van der Waals surface area contributed by atoms with Crippen LogP contribution in [0.1, 0.15) is 15.9 Å². The number of esters is 1. The van der Waals surface area contributed by atoms with Gasteiger partial charge in [-0.2, -0.15) is 0 Å². The summed E-state index contributed by atoms with van der Waals surface area (Å²) in [6, 6.07) is 13.8. The first-order chi connectivity index (χ1) is 19.6. The molecule has 0 saturated heterocycles. The molecule has 220 valence electrons. The van der Waals surface area contributed by atoms with Crippen LogP contribution in [-0.2, 0) is 26.0 Å². The van der Waals surface area contributed by atoms with E-state index in [4.69, 9.17) is 28.4 Å². The van der Waals surface area contributed by atoms with Crippen LogP contribution in [-0.4, -0.2) is 69.0 Å². The van der Waals surface area contributed by atoms with Crippen LogP contribution in [0.3, 0.4) is 0 Å². The van der Waals surface area contributed by atoms with E-state index in [9.17, 15) is 18.0 Å². The molecule has 3 rings (SSSR count). The average molecular weight is 589 g/mol. The molecule has 0 aromatic heterocycles. The van der Waals surface area contributed by atoms with Gasteiger partial charge in [0.1, 0.15) is 5.75 Å². The van der Waals surface area contributed by atoms with Crippen molar-refractivity contribution in [2.45, 2.75) is 11.3 Å². The lowest BCUT2D eigenvalue weighted by atomic mass is 10.1. The predicted molar refractivity (Wildman–Crippen MR) is 150 cm³/mol. The van der Waals surface area contributed by atoms with Crippen LogP contribution in [0.2, 0.25) is 0 Å². The van der Waals surface area contributed by atoms with Crippen LogP contribution in [0.5, 0.6) is 28.7 Å². The van der Waals surface area contributed by atoms with Crippen molar-refractivity contribution in [2.75, 3.05) is 54.0 Å². The second kappa shape index (κ2) is 14.2. The summed E-state index contributed by atoms with van der Waals surface area (Å²) in [6.45, 7) is -0.245. The van der Waals surface area contributed by atoms with Gasteiger partial charge in [-0.15, -0.1) is 0 Å². The fourth-order valence-corrected chi connectivity index (χ4v) is 4.79. The number of amides is 1. The number of carbonyl (C=O) groups is 2. The van der Waals surface area contributed by atoms with Crippen molar-refractivity contribution >= 4 is 27.6 Å². The summed E-state index contributed by atoms with van der Waals surface area (Å²) >= 11 is 0. The number of hydrogen-bond donors (Lipinski definition) is 2. The number of sulfonamides is 1. The van der Waals surface area contributed by atoms with Gasteiger partial charge >= 0.3 is 5.97 Å². The molecule has 1 amide bonds. The zero-order chi connectivity index (χ0) is 30.0. The molecule has 0 aliphatic rings. The summed E-state index contributed by atoms with van der Waals surface area (Å²) in [5.41, 5.74) is 1.08. The third-order valence-electron chi connectivity index (χ3n) is 5.86. The van der Waals surface area contributed by atoms with E-state index in [1.165, 1.54) is 64.8 Å². The number of anilines is 1. The largest absolute Gasteiger partial charge is 0.493 e. The molecule has 0 unspecified atom stereocenters. The Morgan fingerprint density at radius 3 is 1.98 bits per heavy atom. The van der Waals surface area contributed by atoms with Gasteiger partial charge in [-0.05, 0) is 48.4 Å². The highest BCUT2D eigenvalue weighted by molar-refractivity contribution is 7.89. The van der Waals surface area contributed by atoms with Gasteiger partial charge < -0.3 is 33.7 Å². The standard InChI is InChI=1S/C28H32N2O10S/c1-35-23-11-6-18(14-24(23)36-2)12-13-29-41(33,34)20-9-7-19(8-10-20)40-17-27(31)30-22-16-26(38-4)25(37-3)15-21(22)28(32)39-5/h6-11,14-16,29H,12-13,17H2,1-5H3,(H,30,31). The SMILES string of the molecule is COC(=O)c1cc(OC)c(OC)cc1NC(=O)COc1ccc(S(=O)(=O)NCCc2ccc(OC)c(OC)c2)cc1. The number of methoxy groups -OCH3 is 5. The van der Waals surface area contributed by atoms with Crippen molar-refractivity contribution in [2.24, 2.45) is 0 Å². The Labute approximate surface area is 238 Å². The van der Waals surface area contributed by atoms with E-state index in [-0.39, 0.29) is 34.2 Å². The van der Waals surface area contributed by atoms with Crippen LogP contribution in [0, 0.1) is 0 Å². The Kier molecular flexibility index (Phi) is 10.8. The Balaban J connectivity index is 1.58. The minimum atomic E-state index is -3.78. The number of nitrogens with one attached hydrogen (secondary N) is 2. The van der Waals surface area contributed by atoms with Gasteiger partial charge in [0, 0.05) is 18.7 Å². The molecule has 2 N–H and O–H groups in total. The molecule has 0 radical (unpaired) electrons. The first-order valence-corrected chi connectivity index (χ1v) is 13.7. The predicted octanol–water partition coefficient (Wildman–Crippen LogP) is 3.05. The van der Waals surface area contributed by atoms with Gasteiger partial charge in [0.25, 0.3) is 5.91 Å². The molecule has 3 aromatic rings. The molecule has 0 bridgehead atoms. The highest BCUT2D eigenvalue weighted by Crippen LogP contribution is 2.34. The van der Waals surface area contributed by atoms with E-state index < -0.39 is 28.5 Å². The number of ether oxygens (including phenoxy) is 6. The van der Waals surface area contributed by atoms with Gasteiger partial charge in [-0.25, -0.2) is 17.9 Å². The molecule has 0 heterocycles. The van der Waals surface area contributed by atoms with Crippen LogP contribution in [0.25, 0.3) is 0 Å². The van der Waals surface area contributed by atoms with Gasteiger partial charge in [0.15, 0.2) is 29.6 Å². The maximum atomic E-state index is 12.7. The van der Waals surface area contributed by atoms with E-state index >= 15 is 0 Å². The van der Waals surface area contributed by atoms with Crippen molar-refractivity contribution < 1.29 is 46.4 Å². The topological polar surface area (TPSA) is 148 Å². The second-order valence-electron chi connectivity index (χ2n) is 8.39.